The van der Waals surface area contributed by atoms with Crippen LogP contribution in [-0.2, 0) is 7.05 Å². The molecule has 0 amide bonds. The fraction of sp³-hybridized carbons (Fsp3) is 0.238. The van der Waals surface area contributed by atoms with Crippen molar-refractivity contribution in [2.45, 2.75) is 26.3 Å². The van der Waals surface area contributed by atoms with Crippen LogP contribution in [0.15, 0.2) is 49.3 Å². The Morgan fingerprint density at radius 2 is 2.03 bits per heavy atom. The Hall–Kier alpha value is -3.68. The third-order valence-corrected chi connectivity index (χ3v) is 5.27. The predicted molar refractivity (Wildman–Crippen MR) is 114 cm³/mol. The second kappa shape index (κ2) is 6.73. The van der Waals surface area contributed by atoms with Gasteiger partial charge in [-0.3, -0.25) is 4.68 Å². The highest BCUT2D eigenvalue weighted by Crippen LogP contribution is 2.31. The molecule has 1 unspecified atom stereocenters. The molecule has 8 nitrogen and oxygen atoms in total. The number of fused-ring (bicyclic) bond motifs is 2. The van der Waals surface area contributed by atoms with E-state index in [4.69, 9.17) is 0 Å². The van der Waals surface area contributed by atoms with Crippen molar-refractivity contribution in [1.82, 2.24) is 34.3 Å². The number of hydrogen-bond acceptors (Lipinski definition) is 5. The van der Waals surface area contributed by atoms with Gasteiger partial charge in [0.05, 0.1) is 17.9 Å². The number of H-pyrrole nitrogens is 1. The van der Waals surface area contributed by atoms with Gasteiger partial charge in [0.25, 0.3) is 0 Å². The van der Waals surface area contributed by atoms with Crippen LogP contribution in [0.1, 0.15) is 20.3 Å². The van der Waals surface area contributed by atoms with Gasteiger partial charge in [0.15, 0.2) is 0 Å². The van der Waals surface area contributed by atoms with Crippen LogP contribution in [0.3, 0.4) is 0 Å². The number of nitrogens with one attached hydrogen (secondary N) is 2. The second-order valence-corrected chi connectivity index (χ2v) is 7.32. The lowest BCUT2D eigenvalue weighted by Crippen LogP contribution is -2.15. The van der Waals surface area contributed by atoms with Crippen LogP contribution in [0.5, 0.6) is 0 Å². The summed E-state index contributed by atoms with van der Waals surface area (Å²) >= 11 is 0. The van der Waals surface area contributed by atoms with Gasteiger partial charge in [-0.25, -0.2) is 9.50 Å². The molecule has 0 spiro atoms. The van der Waals surface area contributed by atoms with Gasteiger partial charge in [-0.2, -0.15) is 15.2 Å². The molecule has 0 fully saturated rings. The molecular weight excluding hydrogens is 364 g/mol. The van der Waals surface area contributed by atoms with Crippen molar-refractivity contribution < 1.29 is 0 Å². The molecule has 0 bridgehead atoms. The molecule has 0 saturated heterocycles. The van der Waals surface area contributed by atoms with Crippen LogP contribution in [0.25, 0.3) is 38.8 Å². The average molecular weight is 386 g/mol. The zero-order valence-corrected chi connectivity index (χ0v) is 16.6. The molecule has 0 aliphatic rings. The molecule has 0 aromatic carbocycles. The summed E-state index contributed by atoms with van der Waals surface area (Å²) in [5.41, 5.74) is 6.10. The molecule has 0 aliphatic carbocycles. The van der Waals surface area contributed by atoms with E-state index in [1.54, 1.807) is 4.68 Å². The highest BCUT2D eigenvalue weighted by molar-refractivity contribution is 5.95. The SMILES string of the molecule is CCC(C)Nc1ncc2c(-c3ccn4ncc(-c5cnn(C)c5)c4c3)c[nH]c2n1. The molecule has 2 N–H and O–H groups in total. The molecule has 29 heavy (non-hydrogen) atoms. The molecule has 0 radical (unpaired) electrons. The van der Waals surface area contributed by atoms with E-state index in [0.29, 0.717) is 12.0 Å². The molecule has 0 saturated carbocycles. The van der Waals surface area contributed by atoms with E-state index in [1.165, 1.54) is 0 Å². The van der Waals surface area contributed by atoms with Crippen LogP contribution < -0.4 is 5.32 Å². The Morgan fingerprint density at radius 3 is 2.83 bits per heavy atom. The number of pyridine rings is 1. The van der Waals surface area contributed by atoms with Crippen molar-refractivity contribution in [3.05, 3.63) is 49.3 Å². The number of aromatic amines is 1. The minimum absolute atomic E-state index is 0.331. The number of rotatable bonds is 5. The predicted octanol–water partition coefficient (Wildman–Crippen LogP) is 3.88. The van der Waals surface area contributed by atoms with Crippen LogP contribution in [0.2, 0.25) is 0 Å². The van der Waals surface area contributed by atoms with E-state index in [9.17, 15) is 0 Å². The second-order valence-electron chi connectivity index (χ2n) is 7.32. The Morgan fingerprint density at radius 1 is 1.14 bits per heavy atom. The Kier molecular flexibility index (Phi) is 4.04. The highest BCUT2D eigenvalue weighted by atomic mass is 15.2. The average Bonchev–Trinajstić information content (AvgIpc) is 3.44. The van der Waals surface area contributed by atoms with Crippen LogP contribution in [0.4, 0.5) is 5.95 Å². The molecular formula is C21H22N8. The maximum absolute atomic E-state index is 4.62. The molecule has 0 aliphatic heterocycles. The number of hydrogen-bond donors (Lipinski definition) is 2. The van der Waals surface area contributed by atoms with Gasteiger partial charge in [0, 0.05) is 60.0 Å². The monoisotopic (exact) mass is 386 g/mol. The maximum Gasteiger partial charge on any atom is 0.224 e. The molecule has 1 atom stereocenters. The molecule has 5 aromatic rings. The molecule has 146 valence electrons. The van der Waals surface area contributed by atoms with Crippen molar-refractivity contribution in [2.24, 2.45) is 7.05 Å². The lowest BCUT2D eigenvalue weighted by molar-refractivity contribution is 0.754. The van der Waals surface area contributed by atoms with E-state index in [-0.39, 0.29) is 0 Å². The lowest BCUT2D eigenvalue weighted by Gasteiger charge is -2.10. The number of anilines is 1. The summed E-state index contributed by atoms with van der Waals surface area (Å²) < 4.78 is 3.68. The van der Waals surface area contributed by atoms with Crippen LogP contribution in [-0.4, -0.2) is 40.4 Å². The fourth-order valence-electron chi connectivity index (χ4n) is 3.47. The summed E-state index contributed by atoms with van der Waals surface area (Å²) in [6, 6.07) is 4.53. The van der Waals surface area contributed by atoms with Gasteiger partial charge < -0.3 is 10.3 Å². The van der Waals surface area contributed by atoms with Gasteiger partial charge in [-0.05, 0) is 31.0 Å². The van der Waals surface area contributed by atoms with Crippen LogP contribution >= 0.6 is 0 Å². The number of aromatic nitrogens is 7. The summed E-state index contributed by atoms with van der Waals surface area (Å²) in [6.07, 6.45) is 12.6. The highest BCUT2D eigenvalue weighted by Gasteiger charge is 2.13. The van der Waals surface area contributed by atoms with Crippen molar-refractivity contribution in [1.29, 1.82) is 0 Å². The summed E-state index contributed by atoms with van der Waals surface area (Å²) in [5.74, 6) is 0.644. The first-order chi connectivity index (χ1) is 14.1. The quantitative estimate of drug-likeness (QED) is 0.478. The number of aryl methyl sites for hydroxylation is 1. The first-order valence-corrected chi connectivity index (χ1v) is 9.70. The molecule has 5 aromatic heterocycles. The Labute approximate surface area is 167 Å². The lowest BCUT2D eigenvalue weighted by atomic mass is 10.1. The first kappa shape index (κ1) is 17.4. The van der Waals surface area contributed by atoms with Crippen molar-refractivity contribution in [2.75, 3.05) is 5.32 Å². The first-order valence-electron chi connectivity index (χ1n) is 9.70. The van der Waals surface area contributed by atoms with Gasteiger partial charge >= 0.3 is 0 Å². The minimum Gasteiger partial charge on any atom is -0.352 e. The van der Waals surface area contributed by atoms with E-state index in [2.05, 4.69) is 56.4 Å². The molecule has 5 rings (SSSR count). The smallest absolute Gasteiger partial charge is 0.224 e. The zero-order valence-electron chi connectivity index (χ0n) is 16.6. The van der Waals surface area contributed by atoms with Gasteiger partial charge in [-0.1, -0.05) is 6.92 Å². The minimum atomic E-state index is 0.331. The normalized spacial score (nSPS) is 12.7. The maximum atomic E-state index is 4.62. The largest absolute Gasteiger partial charge is 0.352 e. The van der Waals surface area contributed by atoms with Gasteiger partial charge in [0.2, 0.25) is 5.95 Å². The van der Waals surface area contributed by atoms with Gasteiger partial charge in [-0.15, -0.1) is 0 Å². The third-order valence-electron chi connectivity index (χ3n) is 5.27. The zero-order chi connectivity index (χ0) is 20.0. The standard InChI is InChI=1S/C21H22N8/c1-4-13(2)26-21-23-10-18-16(9-22-20(18)27-21)14-5-6-29-19(7-14)17(11-25-29)15-8-24-28(3)12-15/h5-13H,4H2,1-3H3,(H2,22,23,26,27). The Balaban J connectivity index is 1.57. The van der Waals surface area contributed by atoms with E-state index >= 15 is 0 Å². The summed E-state index contributed by atoms with van der Waals surface area (Å²) in [5, 5.41) is 13.1. The summed E-state index contributed by atoms with van der Waals surface area (Å²) in [6.45, 7) is 4.25. The van der Waals surface area contributed by atoms with Crippen LogP contribution in [0, 0.1) is 0 Å². The summed E-state index contributed by atoms with van der Waals surface area (Å²) in [7, 11) is 1.91. The topological polar surface area (TPSA) is 88.7 Å². The van der Waals surface area contributed by atoms with Gasteiger partial charge in [0.1, 0.15) is 5.65 Å². The Bertz CT molecular complexity index is 1310. The van der Waals surface area contributed by atoms with E-state index in [0.717, 1.165) is 45.2 Å². The fourth-order valence-corrected chi connectivity index (χ4v) is 3.47. The third kappa shape index (κ3) is 3.02. The van der Waals surface area contributed by atoms with Crippen molar-refractivity contribution in [3.8, 4) is 22.3 Å². The van der Waals surface area contributed by atoms with Crippen molar-refractivity contribution in [3.63, 3.8) is 0 Å². The molecule has 8 heteroatoms. The molecule has 5 heterocycles. The summed E-state index contributed by atoms with van der Waals surface area (Å²) in [4.78, 5) is 12.4. The van der Waals surface area contributed by atoms with Crippen molar-refractivity contribution >= 4 is 22.5 Å². The van der Waals surface area contributed by atoms with E-state index < -0.39 is 0 Å². The van der Waals surface area contributed by atoms with E-state index in [1.807, 2.05) is 48.7 Å². The number of nitrogens with zero attached hydrogens (tertiary/aromatic N) is 6.